The van der Waals surface area contributed by atoms with Crippen LogP contribution in [0.2, 0.25) is 5.02 Å². The fraction of sp³-hybridized carbons (Fsp3) is 0.455. The molecule has 1 aliphatic heterocycles. The average Bonchev–Trinajstić information content (AvgIpc) is 2.39. The molecule has 1 aromatic rings. The van der Waals surface area contributed by atoms with E-state index in [2.05, 4.69) is 27.3 Å². The lowest BCUT2D eigenvalue weighted by Gasteiger charge is -2.17. The van der Waals surface area contributed by atoms with Crippen LogP contribution in [-0.2, 0) is 5.75 Å². The quantitative estimate of drug-likeness (QED) is 0.841. The van der Waals surface area contributed by atoms with Crippen LogP contribution < -0.4 is 5.32 Å². The van der Waals surface area contributed by atoms with Gasteiger partial charge in [0.05, 0.1) is 0 Å². The molecule has 1 atom stereocenters. The van der Waals surface area contributed by atoms with Gasteiger partial charge in [0.15, 0.2) is 0 Å². The number of fused-ring (bicyclic) bond motifs is 1. The molecule has 0 amide bonds. The summed E-state index contributed by atoms with van der Waals surface area (Å²) >= 11 is 11.7. The second kappa shape index (κ2) is 5.09. The topological polar surface area (TPSA) is 12.0 Å². The molecular formula is C11H13BrClNS. The predicted molar refractivity (Wildman–Crippen MR) is 71.7 cm³/mol. The summed E-state index contributed by atoms with van der Waals surface area (Å²) in [5.41, 5.74) is 2.64. The van der Waals surface area contributed by atoms with E-state index in [4.69, 9.17) is 11.6 Å². The van der Waals surface area contributed by atoms with Gasteiger partial charge in [0, 0.05) is 21.3 Å². The van der Waals surface area contributed by atoms with Crippen molar-refractivity contribution in [2.24, 2.45) is 0 Å². The van der Waals surface area contributed by atoms with Gasteiger partial charge in [-0.3, -0.25) is 0 Å². The summed E-state index contributed by atoms with van der Waals surface area (Å²) in [5.74, 6) is 2.22. The number of hydrogen-bond donors (Lipinski definition) is 1. The number of nitrogens with one attached hydrogen (secondary N) is 1. The maximum atomic E-state index is 6.27. The van der Waals surface area contributed by atoms with E-state index in [9.17, 15) is 0 Å². The zero-order chi connectivity index (χ0) is 10.8. The molecule has 1 unspecified atom stereocenters. The van der Waals surface area contributed by atoms with Crippen molar-refractivity contribution in [3.8, 4) is 0 Å². The second-order valence-corrected chi connectivity index (χ2v) is 6.07. The average molecular weight is 307 g/mol. The Bertz CT molecular complexity index is 370. The van der Waals surface area contributed by atoms with E-state index in [0.717, 1.165) is 15.2 Å². The molecule has 15 heavy (non-hydrogen) atoms. The Morgan fingerprint density at radius 2 is 2.33 bits per heavy atom. The van der Waals surface area contributed by atoms with Crippen LogP contribution in [0.1, 0.15) is 23.6 Å². The van der Waals surface area contributed by atoms with Crippen LogP contribution in [0.5, 0.6) is 0 Å². The van der Waals surface area contributed by atoms with Crippen LogP contribution in [0.3, 0.4) is 0 Å². The van der Waals surface area contributed by atoms with E-state index in [1.807, 2.05) is 24.9 Å². The molecule has 1 N–H and O–H groups in total. The first-order valence-corrected chi connectivity index (χ1v) is 7.27. The van der Waals surface area contributed by atoms with Gasteiger partial charge in [-0.15, -0.1) is 0 Å². The third kappa shape index (κ3) is 2.52. The van der Waals surface area contributed by atoms with Gasteiger partial charge in [0.1, 0.15) is 0 Å². The van der Waals surface area contributed by atoms with Gasteiger partial charge in [-0.25, -0.2) is 0 Å². The van der Waals surface area contributed by atoms with E-state index in [1.54, 1.807) is 0 Å². The Morgan fingerprint density at radius 1 is 1.53 bits per heavy atom. The number of thioether (sulfide) groups is 1. The molecule has 0 saturated carbocycles. The van der Waals surface area contributed by atoms with Crippen LogP contribution in [0.15, 0.2) is 16.6 Å². The highest BCUT2D eigenvalue weighted by atomic mass is 79.9. The highest BCUT2D eigenvalue weighted by Crippen LogP contribution is 2.36. The molecule has 82 valence electrons. The Kier molecular flexibility index (Phi) is 3.99. The summed E-state index contributed by atoms with van der Waals surface area (Å²) in [7, 11) is 2.01. The van der Waals surface area contributed by atoms with Crippen LogP contribution in [0.25, 0.3) is 0 Å². The minimum Gasteiger partial charge on any atom is -0.313 e. The monoisotopic (exact) mass is 305 g/mol. The van der Waals surface area contributed by atoms with E-state index in [1.165, 1.54) is 23.3 Å². The molecule has 0 saturated heterocycles. The van der Waals surface area contributed by atoms with E-state index in [0.29, 0.717) is 6.04 Å². The highest BCUT2D eigenvalue weighted by Gasteiger charge is 2.19. The molecular weight excluding hydrogens is 294 g/mol. The smallest absolute Gasteiger partial charge is 0.0460 e. The van der Waals surface area contributed by atoms with Crippen molar-refractivity contribution >= 4 is 39.3 Å². The minimum atomic E-state index is 0.435. The van der Waals surface area contributed by atoms with E-state index in [-0.39, 0.29) is 0 Å². The fourth-order valence-corrected chi connectivity index (χ4v) is 3.97. The predicted octanol–water partition coefficient (Wildman–Crippen LogP) is 4.00. The van der Waals surface area contributed by atoms with Gasteiger partial charge in [-0.05, 0) is 42.5 Å². The molecule has 0 radical (unpaired) electrons. The molecule has 1 aliphatic rings. The van der Waals surface area contributed by atoms with Crippen molar-refractivity contribution in [1.29, 1.82) is 0 Å². The minimum absolute atomic E-state index is 0.435. The molecule has 0 aliphatic carbocycles. The van der Waals surface area contributed by atoms with Gasteiger partial charge in [0.25, 0.3) is 0 Å². The zero-order valence-electron chi connectivity index (χ0n) is 8.52. The lowest BCUT2D eigenvalue weighted by Crippen LogP contribution is -2.17. The first-order chi connectivity index (χ1) is 7.22. The maximum Gasteiger partial charge on any atom is 0.0460 e. The van der Waals surface area contributed by atoms with Crippen molar-refractivity contribution in [3.63, 3.8) is 0 Å². The molecule has 0 spiro atoms. The molecule has 2 rings (SSSR count). The van der Waals surface area contributed by atoms with Crippen LogP contribution in [0, 0.1) is 0 Å². The first kappa shape index (κ1) is 11.8. The normalized spacial score (nSPS) is 20.9. The molecule has 0 aromatic heterocycles. The van der Waals surface area contributed by atoms with E-state index >= 15 is 0 Å². The van der Waals surface area contributed by atoms with Crippen LogP contribution >= 0.6 is 39.3 Å². The van der Waals surface area contributed by atoms with Crippen molar-refractivity contribution in [3.05, 3.63) is 32.8 Å². The van der Waals surface area contributed by atoms with Crippen molar-refractivity contribution in [2.75, 3.05) is 12.8 Å². The van der Waals surface area contributed by atoms with Gasteiger partial charge in [-0.2, -0.15) is 11.8 Å². The molecule has 1 heterocycles. The zero-order valence-corrected chi connectivity index (χ0v) is 11.7. The summed E-state index contributed by atoms with van der Waals surface area (Å²) in [6.45, 7) is 0. The number of rotatable bonds is 1. The number of hydrogen-bond acceptors (Lipinski definition) is 2. The Balaban J connectivity index is 2.50. The summed E-state index contributed by atoms with van der Waals surface area (Å²) < 4.78 is 1.07. The largest absolute Gasteiger partial charge is 0.313 e. The molecule has 1 nitrogen and oxygen atoms in total. The number of halogens is 2. The standard InChI is InChI=1S/C11H13BrClNS/c1-14-11-2-3-15-6-9-8(11)4-7(12)5-10(9)13/h4-5,11,14H,2-3,6H2,1H3. The summed E-state index contributed by atoms with van der Waals surface area (Å²) in [6, 6.07) is 4.61. The second-order valence-electron chi connectivity index (χ2n) is 3.64. The van der Waals surface area contributed by atoms with Crippen molar-refractivity contribution < 1.29 is 0 Å². The molecule has 4 heteroatoms. The maximum absolute atomic E-state index is 6.27. The first-order valence-electron chi connectivity index (χ1n) is 4.95. The Morgan fingerprint density at radius 3 is 3.07 bits per heavy atom. The SMILES string of the molecule is CNC1CCSCc2c(Cl)cc(Br)cc21. The van der Waals surface area contributed by atoms with Gasteiger partial charge >= 0.3 is 0 Å². The van der Waals surface area contributed by atoms with Gasteiger partial charge < -0.3 is 5.32 Å². The van der Waals surface area contributed by atoms with Crippen LogP contribution in [-0.4, -0.2) is 12.8 Å². The third-order valence-electron chi connectivity index (χ3n) is 2.72. The van der Waals surface area contributed by atoms with Crippen molar-refractivity contribution in [2.45, 2.75) is 18.2 Å². The third-order valence-corrected chi connectivity index (χ3v) is 4.53. The number of benzene rings is 1. The van der Waals surface area contributed by atoms with Gasteiger partial charge in [-0.1, -0.05) is 27.5 Å². The lowest BCUT2D eigenvalue weighted by molar-refractivity contribution is 0.581. The summed E-state index contributed by atoms with van der Waals surface area (Å²) in [5, 5.41) is 4.25. The molecule has 0 fully saturated rings. The molecule has 1 aromatic carbocycles. The Labute approximate surface area is 108 Å². The lowest BCUT2D eigenvalue weighted by atomic mass is 9.99. The van der Waals surface area contributed by atoms with Gasteiger partial charge in [0.2, 0.25) is 0 Å². The highest BCUT2D eigenvalue weighted by molar-refractivity contribution is 9.10. The summed E-state index contributed by atoms with van der Waals surface area (Å²) in [6.07, 6.45) is 1.17. The molecule has 0 bridgehead atoms. The van der Waals surface area contributed by atoms with E-state index < -0.39 is 0 Å². The Hall–Kier alpha value is 0.300. The van der Waals surface area contributed by atoms with Crippen molar-refractivity contribution in [1.82, 2.24) is 5.32 Å². The summed E-state index contributed by atoms with van der Waals surface area (Å²) in [4.78, 5) is 0. The fourth-order valence-electron chi connectivity index (χ4n) is 1.92. The van der Waals surface area contributed by atoms with Crippen LogP contribution in [0.4, 0.5) is 0 Å².